The maximum atomic E-state index is 15.7. The van der Waals surface area contributed by atoms with Gasteiger partial charge in [0.15, 0.2) is 0 Å². The summed E-state index contributed by atoms with van der Waals surface area (Å²) in [7, 11) is 0. The van der Waals surface area contributed by atoms with Gasteiger partial charge in [-0.05, 0) is 138 Å². The third-order valence-electron chi connectivity index (χ3n) is 14.3. The van der Waals surface area contributed by atoms with Crippen LogP contribution in [0, 0.1) is 0 Å². The first-order chi connectivity index (χ1) is 32.6. The van der Waals surface area contributed by atoms with Crippen LogP contribution in [0.2, 0.25) is 0 Å². The lowest BCUT2D eigenvalue weighted by Gasteiger charge is -2.34. The molecule has 0 unspecified atom stereocenters. The molecule has 0 atom stereocenters. The van der Waals surface area contributed by atoms with Gasteiger partial charge in [-0.2, -0.15) is 0 Å². The summed E-state index contributed by atoms with van der Waals surface area (Å²) in [6, 6.07) is 39.8. The molecule has 4 amide bonds. The van der Waals surface area contributed by atoms with Crippen LogP contribution in [0.5, 0.6) is 0 Å². The van der Waals surface area contributed by atoms with Crippen LogP contribution in [0.1, 0.15) is 143 Å². The lowest BCUT2D eigenvalue weighted by Crippen LogP contribution is -2.42. The zero-order valence-electron chi connectivity index (χ0n) is 39.1. The highest BCUT2D eigenvalue weighted by atomic mass is 79.9. The second kappa shape index (κ2) is 16.1. The number of anilines is 2. The van der Waals surface area contributed by atoms with E-state index in [4.69, 9.17) is 0 Å². The van der Waals surface area contributed by atoms with Crippen molar-refractivity contribution in [1.82, 2.24) is 0 Å². The normalized spacial score (nSPS) is 14.0. The largest absolute Gasteiger partial charge is 0.268 e. The van der Waals surface area contributed by atoms with Crippen molar-refractivity contribution in [2.75, 3.05) is 9.80 Å². The molecule has 0 fully saturated rings. The van der Waals surface area contributed by atoms with E-state index < -0.39 is 0 Å². The summed E-state index contributed by atoms with van der Waals surface area (Å²) in [5.41, 5.74) is 10.1. The summed E-state index contributed by atoms with van der Waals surface area (Å²) >= 11 is 7.64. The van der Waals surface area contributed by atoms with Gasteiger partial charge in [-0.15, -0.1) is 0 Å². The van der Waals surface area contributed by atoms with Crippen molar-refractivity contribution in [1.29, 1.82) is 0 Å². The maximum absolute atomic E-state index is 15.7. The van der Waals surface area contributed by atoms with Gasteiger partial charge < -0.3 is 0 Å². The highest BCUT2D eigenvalue weighted by Crippen LogP contribution is 2.54. The van der Waals surface area contributed by atoms with Crippen LogP contribution in [-0.2, 0) is 0 Å². The average molecular weight is 1020 g/mol. The fourth-order valence-corrected chi connectivity index (χ4v) is 12.1. The number of hydrogen-bond donors (Lipinski definition) is 0. The molecule has 0 spiro atoms. The molecular formula is C60H48Br2N2O4. The lowest BCUT2D eigenvalue weighted by molar-refractivity contribution is 0.0877. The zero-order valence-corrected chi connectivity index (χ0v) is 42.3. The smallest absolute Gasteiger partial charge is 0.266 e. The molecule has 2 heterocycles. The van der Waals surface area contributed by atoms with E-state index in [1.165, 1.54) is 9.80 Å². The van der Waals surface area contributed by atoms with E-state index in [0.29, 0.717) is 44.4 Å². The number of amides is 4. The van der Waals surface area contributed by atoms with Crippen molar-refractivity contribution in [2.45, 2.75) is 79.1 Å². The van der Waals surface area contributed by atoms with Gasteiger partial charge in [0, 0.05) is 47.4 Å². The molecule has 9 aromatic carbocycles. The minimum atomic E-state index is -0.381. The molecule has 6 nitrogen and oxygen atoms in total. The van der Waals surface area contributed by atoms with Gasteiger partial charge in [0.05, 0.1) is 11.4 Å². The van der Waals surface area contributed by atoms with E-state index in [1.54, 1.807) is 0 Å². The van der Waals surface area contributed by atoms with Gasteiger partial charge in [-0.1, -0.05) is 166 Å². The molecule has 8 heteroatoms. The third-order valence-corrected chi connectivity index (χ3v) is 15.5. The Kier molecular flexibility index (Phi) is 10.4. The highest BCUT2D eigenvalue weighted by Gasteiger charge is 2.42. The van der Waals surface area contributed by atoms with Crippen molar-refractivity contribution in [3.8, 4) is 22.3 Å². The molecule has 2 aliphatic heterocycles. The molecule has 68 heavy (non-hydrogen) atoms. The Morgan fingerprint density at radius 1 is 0.353 bits per heavy atom. The molecule has 0 radical (unpaired) electrons. The van der Waals surface area contributed by atoms with Crippen LogP contribution in [0.25, 0.3) is 65.3 Å². The number of halogens is 2. The van der Waals surface area contributed by atoms with Crippen LogP contribution in [0.3, 0.4) is 0 Å². The van der Waals surface area contributed by atoms with E-state index in [2.05, 4.69) is 87.2 Å². The van der Waals surface area contributed by atoms with Crippen LogP contribution in [0.15, 0.2) is 130 Å². The van der Waals surface area contributed by atoms with E-state index in [-0.39, 0.29) is 47.3 Å². The monoisotopic (exact) mass is 1020 g/mol. The number of carbonyl (C=O) groups excluding carboxylic acids is 4. The molecule has 0 bridgehead atoms. The first-order valence-electron chi connectivity index (χ1n) is 23.4. The lowest BCUT2D eigenvalue weighted by atomic mass is 9.77. The topological polar surface area (TPSA) is 74.8 Å². The molecule has 336 valence electrons. The van der Waals surface area contributed by atoms with Gasteiger partial charge in [-0.25, -0.2) is 9.80 Å². The van der Waals surface area contributed by atoms with E-state index >= 15 is 19.2 Å². The minimum Gasteiger partial charge on any atom is -0.268 e. The van der Waals surface area contributed by atoms with Crippen LogP contribution in [0.4, 0.5) is 11.4 Å². The Hall–Kier alpha value is -6.48. The quantitative estimate of drug-likeness (QED) is 0.0863. The van der Waals surface area contributed by atoms with Crippen molar-refractivity contribution in [3.63, 3.8) is 0 Å². The third kappa shape index (κ3) is 6.25. The van der Waals surface area contributed by atoms with Crippen LogP contribution < -0.4 is 9.80 Å². The first kappa shape index (κ1) is 44.1. The van der Waals surface area contributed by atoms with Crippen molar-refractivity contribution >= 4 is 110 Å². The van der Waals surface area contributed by atoms with E-state index in [9.17, 15) is 0 Å². The maximum Gasteiger partial charge on any atom is 0.266 e. The Morgan fingerprint density at radius 2 is 0.779 bits per heavy atom. The van der Waals surface area contributed by atoms with Gasteiger partial charge in [0.1, 0.15) is 0 Å². The Morgan fingerprint density at radius 3 is 1.25 bits per heavy atom. The van der Waals surface area contributed by atoms with Crippen molar-refractivity contribution < 1.29 is 19.2 Å². The average Bonchev–Trinajstić information content (AvgIpc) is 3.31. The molecule has 9 aromatic rings. The Bertz CT molecular complexity index is 3640. The summed E-state index contributed by atoms with van der Waals surface area (Å²) in [6.07, 6.45) is 0. The number of imide groups is 2. The molecule has 0 N–H and O–H groups in total. The van der Waals surface area contributed by atoms with Gasteiger partial charge in [0.25, 0.3) is 23.6 Å². The van der Waals surface area contributed by atoms with Gasteiger partial charge >= 0.3 is 0 Å². The molecule has 0 saturated carbocycles. The fraction of sp³-hybridized carbons (Fsp3) is 0.200. The second-order valence-corrected chi connectivity index (χ2v) is 21.4. The SMILES string of the molecule is CC(C)c1cccc(C(C)C)c1N1C(=O)c2ccc3c4c(-c5cccc(Br)c5)cc5c6c(cc(-c7ccccc7Br)c(c7ccc(c2c37)C1=O)c64)C(=O)N(c1c(C(C)C)cccc1C(C)C)C5=O. The van der Waals surface area contributed by atoms with Crippen LogP contribution >= 0.6 is 31.9 Å². The fourth-order valence-electron chi connectivity index (χ4n) is 11.2. The molecule has 0 saturated heterocycles. The molecule has 0 aromatic heterocycles. The number of rotatable bonds is 8. The van der Waals surface area contributed by atoms with E-state index in [0.717, 1.165) is 85.8 Å². The Labute approximate surface area is 412 Å². The summed E-state index contributed by atoms with van der Waals surface area (Å²) in [5, 5.41) is 6.04. The second-order valence-electron chi connectivity index (χ2n) is 19.6. The molecule has 2 aliphatic rings. The number of hydrogen-bond acceptors (Lipinski definition) is 4. The highest BCUT2D eigenvalue weighted by molar-refractivity contribution is 9.10. The predicted molar refractivity (Wildman–Crippen MR) is 285 cm³/mol. The number of carbonyl (C=O) groups is 4. The van der Waals surface area contributed by atoms with E-state index in [1.807, 2.05) is 121 Å². The number of benzene rings is 9. The predicted octanol–water partition coefficient (Wildman–Crippen LogP) is 16.7. The van der Waals surface area contributed by atoms with Crippen molar-refractivity contribution in [3.05, 3.63) is 175 Å². The summed E-state index contributed by atoms with van der Waals surface area (Å²) in [6.45, 7) is 16.7. The number of fused-ring (bicyclic) bond motifs is 2. The summed E-state index contributed by atoms with van der Waals surface area (Å²) in [5.74, 6) is -1.33. The molecule has 0 aliphatic carbocycles. The number of para-hydroxylation sites is 2. The van der Waals surface area contributed by atoms with Crippen molar-refractivity contribution in [2.24, 2.45) is 0 Å². The number of nitrogens with zero attached hydrogens (tertiary/aromatic N) is 2. The summed E-state index contributed by atoms with van der Waals surface area (Å²) < 4.78 is 1.69. The molecule has 11 rings (SSSR count). The molecular weight excluding hydrogens is 972 g/mol. The van der Waals surface area contributed by atoms with Gasteiger partial charge in [-0.3, -0.25) is 19.2 Å². The first-order valence-corrected chi connectivity index (χ1v) is 25.0. The zero-order chi connectivity index (χ0) is 47.8. The van der Waals surface area contributed by atoms with Crippen LogP contribution in [-0.4, -0.2) is 23.6 Å². The van der Waals surface area contributed by atoms with Gasteiger partial charge in [0.2, 0.25) is 0 Å². The Balaban J connectivity index is 1.31. The standard InChI is InChI=1S/C60H48Br2N2O4/c1-29(2)35-17-12-18-36(30(3)4)55(35)63-57(65)42-24-22-40-49-41(23-25-43(52(42)49)58(63)66)51-45(39-16-9-10-21-48(39)62)28-47-53-46(27-44(50(40)54(51)53)33-14-11-15-34(61)26-33)59(67)64(60(47)68)56-37(31(5)6)19-13-20-38(56)32(7)8/h9-32H,1-8H3. The summed E-state index contributed by atoms with van der Waals surface area (Å²) in [4.78, 5) is 64.8. The minimum absolute atomic E-state index is 0.0285.